The van der Waals surface area contributed by atoms with Gasteiger partial charge in [-0.3, -0.25) is 0 Å². The minimum atomic E-state index is -0.261. The minimum Gasteiger partial charge on any atom is -0.348 e. The van der Waals surface area contributed by atoms with Crippen LogP contribution in [0.4, 0.5) is 0 Å². The molecule has 0 aromatic heterocycles. The maximum atomic E-state index is 5.58. The predicted octanol–water partition coefficient (Wildman–Crippen LogP) is 2.50. The number of hydrogen-bond acceptors (Lipinski definition) is 2. The van der Waals surface area contributed by atoms with Crippen LogP contribution >= 0.6 is 0 Å². The lowest BCUT2D eigenvalue weighted by Crippen LogP contribution is -2.28. The molecule has 1 aliphatic rings. The highest BCUT2D eigenvalue weighted by atomic mass is 16.7. The van der Waals surface area contributed by atoms with Crippen LogP contribution in [0.2, 0.25) is 0 Å². The normalized spacial score (nSPS) is 21.1. The third-order valence-electron chi connectivity index (χ3n) is 2.32. The van der Waals surface area contributed by atoms with E-state index in [1.54, 1.807) is 0 Å². The van der Waals surface area contributed by atoms with Crippen molar-refractivity contribution in [1.82, 2.24) is 0 Å². The van der Waals surface area contributed by atoms with Gasteiger partial charge in [-0.2, -0.15) is 0 Å². The lowest BCUT2D eigenvalue weighted by Gasteiger charge is -2.25. The summed E-state index contributed by atoms with van der Waals surface area (Å²) in [6.45, 7) is 7.31. The van der Waals surface area contributed by atoms with Gasteiger partial charge in [0.05, 0.1) is 13.2 Å². The molecule has 0 unspecified atom stereocenters. The van der Waals surface area contributed by atoms with E-state index in [9.17, 15) is 0 Å². The van der Waals surface area contributed by atoms with E-state index in [2.05, 4.69) is 13.5 Å². The standard InChI is InChI=1S/C10H18O2/c1-3-5-6-7-10(4-2)11-8-9-12-10/h3H,1,4-9H2,2H3. The third-order valence-corrected chi connectivity index (χ3v) is 2.32. The molecule has 2 heteroatoms. The van der Waals surface area contributed by atoms with Crippen LogP contribution in [0.15, 0.2) is 12.7 Å². The van der Waals surface area contributed by atoms with E-state index in [4.69, 9.17) is 9.47 Å². The second-order valence-electron chi connectivity index (χ2n) is 3.14. The average Bonchev–Trinajstić information content (AvgIpc) is 2.55. The van der Waals surface area contributed by atoms with Gasteiger partial charge in [0, 0.05) is 6.42 Å². The molecular formula is C10H18O2. The zero-order chi connectivity index (χ0) is 8.86. The number of unbranched alkanes of at least 4 members (excludes halogenated alkanes) is 1. The molecule has 0 saturated carbocycles. The first-order valence-corrected chi connectivity index (χ1v) is 4.72. The predicted molar refractivity (Wildman–Crippen MR) is 49.0 cm³/mol. The topological polar surface area (TPSA) is 18.5 Å². The Kier molecular flexibility index (Phi) is 3.76. The smallest absolute Gasteiger partial charge is 0.168 e. The van der Waals surface area contributed by atoms with Crippen molar-refractivity contribution in [2.75, 3.05) is 13.2 Å². The van der Waals surface area contributed by atoms with Crippen molar-refractivity contribution in [2.24, 2.45) is 0 Å². The highest BCUT2D eigenvalue weighted by Crippen LogP contribution is 2.28. The molecule has 0 atom stereocenters. The second kappa shape index (κ2) is 4.63. The fourth-order valence-corrected chi connectivity index (χ4v) is 1.54. The van der Waals surface area contributed by atoms with Gasteiger partial charge in [-0.05, 0) is 19.3 Å². The molecule has 1 heterocycles. The molecule has 0 aromatic rings. The van der Waals surface area contributed by atoms with Crippen LogP contribution in [0, 0.1) is 0 Å². The molecule has 0 aromatic carbocycles. The van der Waals surface area contributed by atoms with Gasteiger partial charge in [0.2, 0.25) is 0 Å². The Morgan fingerprint density at radius 3 is 2.58 bits per heavy atom. The van der Waals surface area contributed by atoms with E-state index in [1.165, 1.54) is 0 Å². The summed E-state index contributed by atoms with van der Waals surface area (Å²) in [5.74, 6) is -0.261. The highest BCUT2D eigenvalue weighted by Gasteiger charge is 2.33. The molecule has 1 saturated heterocycles. The van der Waals surface area contributed by atoms with Crippen LogP contribution in [0.25, 0.3) is 0 Å². The van der Waals surface area contributed by atoms with E-state index < -0.39 is 0 Å². The van der Waals surface area contributed by atoms with E-state index in [-0.39, 0.29) is 5.79 Å². The van der Waals surface area contributed by atoms with Gasteiger partial charge in [-0.15, -0.1) is 6.58 Å². The Bertz CT molecular complexity index is 137. The van der Waals surface area contributed by atoms with E-state index >= 15 is 0 Å². The Morgan fingerprint density at radius 1 is 1.42 bits per heavy atom. The van der Waals surface area contributed by atoms with Crippen molar-refractivity contribution in [3.8, 4) is 0 Å². The fourth-order valence-electron chi connectivity index (χ4n) is 1.54. The summed E-state index contributed by atoms with van der Waals surface area (Å²) in [4.78, 5) is 0. The van der Waals surface area contributed by atoms with Crippen molar-refractivity contribution in [1.29, 1.82) is 0 Å². The number of ether oxygens (including phenoxy) is 2. The molecule has 0 spiro atoms. The Balaban J connectivity index is 2.28. The van der Waals surface area contributed by atoms with Gasteiger partial charge in [0.25, 0.3) is 0 Å². The molecule has 12 heavy (non-hydrogen) atoms. The molecule has 0 bridgehead atoms. The van der Waals surface area contributed by atoms with E-state index in [0.717, 1.165) is 38.9 Å². The highest BCUT2D eigenvalue weighted by molar-refractivity contribution is 4.75. The summed E-state index contributed by atoms with van der Waals surface area (Å²) in [5, 5.41) is 0. The van der Waals surface area contributed by atoms with Crippen molar-refractivity contribution in [3.05, 3.63) is 12.7 Å². The van der Waals surface area contributed by atoms with Crippen LogP contribution in [-0.2, 0) is 9.47 Å². The molecule has 0 N–H and O–H groups in total. The van der Waals surface area contributed by atoms with Crippen LogP contribution in [0.1, 0.15) is 32.6 Å². The zero-order valence-corrected chi connectivity index (χ0v) is 7.84. The first-order chi connectivity index (χ1) is 5.83. The lowest BCUT2D eigenvalue weighted by atomic mass is 10.1. The van der Waals surface area contributed by atoms with Crippen LogP contribution in [0.5, 0.6) is 0 Å². The minimum absolute atomic E-state index is 0.261. The zero-order valence-electron chi connectivity index (χ0n) is 7.84. The van der Waals surface area contributed by atoms with E-state index in [1.807, 2.05) is 6.08 Å². The van der Waals surface area contributed by atoms with Gasteiger partial charge < -0.3 is 9.47 Å². The molecular weight excluding hydrogens is 152 g/mol. The number of rotatable bonds is 5. The SMILES string of the molecule is C=CCCCC1(CC)OCCO1. The Labute approximate surface area is 74.6 Å². The van der Waals surface area contributed by atoms with Gasteiger partial charge in [-0.1, -0.05) is 13.0 Å². The molecule has 1 fully saturated rings. The monoisotopic (exact) mass is 170 g/mol. The first kappa shape index (κ1) is 9.75. The Morgan fingerprint density at radius 2 is 2.08 bits per heavy atom. The summed E-state index contributed by atoms with van der Waals surface area (Å²) < 4.78 is 11.2. The van der Waals surface area contributed by atoms with Crippen molar-refractivity contribution in [3.63, 3.8) is 0 Å². The number of allylic oxidation sites excluding steroid dienone is 1. The first-order valence-electron chi connectivity index (χ1n) is 4.72. The summed E-state index contributed by atoms with van der Waals surface area (Å²) in [6, 6.07) is 0. The molecule has 0 radical (unpaired) electrons. The van der Waals surface area contributed by atoms with Crippen molar-refractivity contribution in [2.45, 2.75) is 38.4 Å². The van der Waals surface area contributed by atoms with E-state index in [0.29, 0.717) is 0 Å². The molecule has 0 amide bonds. The maximum Gasteiger partial charge on any atom is 0.168 e. The Hall–Kier alpha value is -0.340. The fraction of sp³-hybridized carbons (Fsp3) is 0.800. The van der Waals surface area contributed by atoms with Gasteiger partial charge in [0.15, 0.2) is 5.79 Å². The van der Waals surface area contributed by atoms with Gasteiger partial charge in [0.1, 0.15) is 0 Å². The summed E-state index contributed by atoms with van der Waals surface area (Å²) in [5.41, 5.74) is 0. The maximum absolute atomic E-state index is 5.58. The average molecular weight is 170 g/mol. The summed E-state index contributed by atoms with van der Waals surface area (Å²) in [7, 11) is 0. The molecule has 1 aliphatic heterocycles. The second-order valence-corrected chi connectivity index (χ2v) is 3.14. The lowest BCUT2D eigenvalue weighted by molar-refractivity contribution is -0.164. The summed E-state index contributed by atoms with van der Waals surface area (Å²) in [6.07, 6.45) is 6.05. The van der Waals surface area contributed by atoms with Crippen LogP contribution in [0.3, 0.4) is 0 Å². The number of hydrogen-bond donors (Lipinski definition) is 0. The van der Waals surface area contributed by atoms with Crippen molar-refractivity contribution >= 4 is 0 Å². The molecule has 1 rings (SSSR count). The van der Waals surface area contributed by atoms with Crippen LogP contribution < -0.4 is 0 Å². The van der Waals surface area contributed by atoms with Crippen molar-refractivity contribution < 1.29 is 9.47 Å². The summed E-state index contributed by atoms with van der Waals surface area (Å²) >= 11 is 0. The molecule has 2 nitrogen and oxygen atoms in total. The largest absolute Gasteiger partial charge is 0.348 e. The van der Waals surface area contributed by atoms with Gasteiger partial charge >= 0.3 is 0 Å². The third kappa shape index (κ3) is 2.32. The van der Waals surface area contributed by atoms with Crippen LogP contribution in [-0.4, -0.2) is 19.0 Å². The molecule has 70 valence electrons. The quantitative estimate of drug-likeness (QED) is 0.466. The van der Waals surface area contributed by atoms with Gasteiger partial charge in [-0.25, -0.2) is 0 Å². The molecule has 0 aliphatic carbocycles.